The van der Waals surface area contributed by atoms with Crippen molar-refractivity contribution in [3.63, 3.8) is 0 Å². The van der Waals surface area contributed by atoms with Gasteiger partial charge in [0.15, 0.2) is 6.61 Å². The number of carbonyl (C=O) groups excluding carboxylic acids is 2. The van der Waals surface area contributed by atoms with Crippen LogP contribution in [0.3, 0.4) is 0 Å². The summed E-state index contributed by atoms with van der Waals surface area (Å²) < 4.78 is 4.62. The number of hydrogen-bond donors (Lipinski definition) is 1. The van der Waals surface area contributed by atoms with E-state index in [2.05, 4.69) is 10.1 Å². The van der Waals surface area contributed by atoms with Crippen molar-refractivity contribution >= 4 is 34.9 Å². The number of benzene rings is 1. The molecule has 0 aliphatic rings. The molecular weight excluding hydrogens is 288 g/mol. The number of ether oxygens (including phenoxy) is 1. The standard InChI is InChI=1S/C12H11ClN2O5/c1-2-3-12(17)20-7-11(16)14-8-4-5-9(13)10(6-8)15(18)19/h2-6H,7H2,1H3,(H,14,16). The number of amides is 1. The fraction of sp³-hybridized carbons (Fsp3) is 0.167. The van der Waals surface area contributed by atoms with Gasteiger partial charge in [-0.15, -0.1) is 0 Å². The number of nitrogens with one attached hydrogen (secondary N) is 1. The zero-order valence-electron chi connectivity index (χ0n) is 10.5. The minimum Gasteiger partial charge on any atom is -0.452 e. The quantitative estimate of drug-likeness (QED) is 0.389. The molecule has 8 heteroatoms. The van der Waals surface area contributed by atoms with Crippen LogP contribution in [0.2, 0.25) is 5.02 Å². The molecule has 0 saturated carbocycles. The lowest BCUT2D eigenvalue weighted by atomic mass is 10.3. The molecule has 1 rings (SSSR count). The Bertz CT molecular complexity index is 571. The number of rotatable bonds is 5. The molecule has 0 heterocycles. The zero-order valence-corrected chi connectivity index (χ0v) is 11.2. The third kappa shape index (κ3) is 4.69. The van der Waals surface area contributed by atoms with Crippen LogP contribution >= 0.6 is 11.6 Å². The molecular formula is C12H11ClN2O5. The Hall–Kier alpha value is -2.41. The number of allylic oxidation sites excluding steroid dienone is 1. The summed E-state index contributed by atoms with van der Waals surface area (Å²) in [4.78, 5) is 32.5. The van der Waals surface area contributed by atoms with Gasteiger partial charge in [0.25, 0.3) is 11.6 Å². The summed E-state index contributed by atoms with van der Waals surface area (Å²) >= 11 is 5.63. The second-order valence-electron chi connectivity index (χ2n) is 3.58. The van der Waals surface area contributed by atoms with Crippen LogP contribution in [-0.4, -0.2) is 23.4 Å². The van der Waals surface area contributed by atoms with E-state index in [-0.39, 0.29) is 16.4 Å². The molecule has 20 heavy (non-hydrogen) atoms. The molecule has 7 nitrogen and oxygen atoms in total. The number of carbonyl (C=O) groups is 2. The van der Waals surface area contributed by atoms with E-state index >= 15 is 0 Å². The molecule has 0 aliphatic carbocycles. The highest BCUT2D eigenvalue weighted by Gasteiger charge is 2.14. The van der Waals surface area contributed by atoms with Crippen molar-refractivity contribution in [1.82, 2.24) is 0 Å². The number of nitro groups is 1. The Balaban J connectivity index is 2.65. The topological polar surface area (TPSA) is 98.5 Å². The average molecular weight is 299 g/mol. The predicted octanol–water partition coefficient (Wildman–Crippen LogP) is 2.31. The molecule has 0 aliphatic heterocycles. The van der Waals surface area contributed by atoms with Gasteiger partial charge in [0.1, 0.15) is 5.02 Å². The maximum absolute atomic E-state index is 11.5. The summed E-state index contributed by atoms with van der Waals surface area (Å²) in [5.41, 5.74) is -0.136. The number of nitro benzene ring substituents is 1. The summed E-state index contributed by atoms with van der Waals surface area (Å²) in [5.74, 6) is -1.26. The van der Waals surface area contributed by atoms with Gasteiger partial charge < -0.3 is 10.1 Å². The summed E-state index contributed by atoms with van der Waals surface area (Å²) in [6.45, 7) is 1.15. The van der Waals surface area contributed by atoms with E-state index in [1.165, 1.54) is 24.3 Å². The van der Waals surface area contributed by atoms with Crippen LogP contribution in [0.25, 0.3) is 0 Å². The van der Waals surface area contributed by atoms with Crippen molar-refractivity contribution in [2.75, 3.05) is 11.9 Å². The third-order valence-electron chi connectivity index (χ3n) is 2.07. The molecule has 0 unspecified atom stereocenters. The smallest absolute Gasteiger partial charge is 0.330 e. The summed E-state index contributed by atoms with van der Waals surface area (Å²) in [6.07, 6.45) is 2.64. The molecule has 1 N–H and O–H groups in total. The van der Waals surface area contributed by atoms with E-state index in [0.717, 1.165) is 6.07 Å². The van der Waals surface area contributed by atoms with Crippen LogP contribution in [0, 0.1) is 10.1 Å². The molecule has 1 aromatic carbocycles. The first-order valence-corrected chi connectivity index (χ1v) is 5.85. The fourth-order valence-corrected chi connectivity index (χ4v) is 1.43. The molecule has 106 valence electrons. The highest BCUT2D eigenvalue weighted by molar-refractivity contribution is 6.32. The molecule has 0 atom stereocenters. The van der Waals surface area contributed by atoms with Crippen molar-refractivity contribution < 1.29 is 19.2 Å². The maximum atomic E-state index is 11.5. The third-order valence-corrected chi connectivity index (χ3v) is 2.39. The molecule has 0 bridgehead atoms. The van der Waals surface area contributed by atoms with Crippen molar-refractivity contribution in [2.45, 2.75) is 6.92 Å². The van der Waals surface area contributed by atoms with Crippen molar-refractivity contribution in [1.29, 1.82) is 0 Å². The number of esters is 1. The first kappa shape index (κ1) is 15.6. The van der Waals surface area contributed by atoms with E-state index in [9.17, 15) is 19.7 Å². The van der Waals surface area contributed by atoms with Crippen molar-refractivity contribution in [2.24, 2.45) is 0 Å². The van der Waals surface area contributed by atoms with Gasteiger partial charge in [0.2, 0.25) is 0 Å². The first-order valence-electron chi connectivity index (χ1n) is 5.47. The lowest BCUT2D eigenvalue weighted by Gasteiger charge is -2.05. The molecule has 0 fully saturated rings. The fourth-order valence-electron chi connectivity index (χ4n) is 1.25. The van der Waals surface area contributed by atoms with Crippen LogP contribution in [0.1, 0.15) is 6.92 Å². The monoisotopic (exact) mass is 298 g/mol. The molecule has 0 saturated heterocycles. The molecule has 0 radical (unpaired) electrons. The van der Waals surface area contributed by atoms with Crippen LogP contribution in [0.4, 0.5) is 11.4 Å². The highest BCUT2D eigenvalue weighted by atomic mass is 35.5. The SMILES string of the molecule is CC=CC(=O)OCC(=O)Nc1ccc(Cl)c([N+](=O)[O-])c1. The Morgan fingerprint density at radius 3 is 2.80 bits per heavy atom. The molecule has 1 amide bonds. The van der Waals surface area contributed by atoms with Gasteiger partial charge in [-0.2, -0.15) is 0 Å². The number of anilines is 1. The summed E-state index contributed by atoms with van der Waals surface area (Å²) in [7, 11) is 0. The Morgan fingerprint density at radius 2 is 2.20 bits per heavy atom. The van der Waals surface area contributed by atoms with E-state index in [4.69, 9.17) is 11.6 Å². The van der Waals surface area contributed by atoms with Gasteiger partial charge in [-0.05, 0) is 19.1 Å². The number of nitrogens with zero attached hydrogens (tertiary/aromatic N) is 1. The second kappa shape index (κ2) is 7.25. The van der Waals surface area contributed by atoms with Gasteiger partial charge in [-0.25, -0.2) is 4.79 Å². The van der Waals surface area contributed by atoms with Crippen molar-refractivity contribution in [3.8, 4) is 0 Å². The average Bonchev–Trinajstić information content (AvgIpc) is 2.39. The second-order valence-corrected chi connectivity index (χ2v) is 3.99. The van der Waals surface area contributed by atoms with E-state index in [1.807, 2.05) is 0 Å². The van der Waals surface area contributed by atoms with Crippen LogP contribution in [0.5, 0.6) is 0 Å². The van der Waals surface area contributed by atoms with E-state index < -0.39 is 23.4 Å². The summed E-state index contributed by atoms with van der Waals surface area (Å²) in [5, 5.41) is 13.0. The van der Waals surface area contributed by atoms with Gasteiger partial charge in [0, 0.05) is 17.8 Å². The van der Waals surface area contributed by atoms with Crippen molar-refractivity contribution in [3.05, 3.63) is 45.5 Å². The lowest BCUT2D eigenvalue weighted by molar-refractivity contribution is -0.384. The van der Waals surface area contributed by atoms with Crippen LogP contribution < -0.4 is 5.32 Å². The first-order chi connectivity index (χ1) is 9.43. The van der Waals surface area contributed by atoms with Crippen LogP contribution in [0.15, 0.2) is 30.4 Å². The van der Waals surface area contributed by atoms with Gasteiger partial charge >= 0.3 is 5.97 Å². The molecule has 0 aromatic heterocycles. The maximum Gasteiger partial charge on any atom is 0.330 e. The Kier molecular flexibility index (Phi) is 5.67. The lowest BCUT2D eigenvalue weighted by Crippen LogP contribution is -2.20. The minimum atomic E-state index is -0.663. The Morgan fingerprint density at radius 1 is 1.50 bits per heavy atom. The van der Waals surface area contributed by atoms with Gasteiger partial charge in [-0.3, -0.25) is 14.9 Å². The Labute approximate surface area is 119 Å². The summed E-state index contributed by atoms with van der Waals surface area (Å²) in [6, 6.07) is 3.82. The van der Waals surface area contributed by atoms with Gasteiger partial charge in [-0.1, -0.05) is 17.7 Å². The molecule has 1 aromatic rings. The number of hydrogen-bond acceptors (Lipinski definition) is 5. The van der Waals surface area contributed by atoms with E-state index in [1.54, 1.807) is 6.92 Å². The predicted molar refractivity (Wildman–Crippen MR) is 72.5 cm³/mol. The largest absolute Gasteiger partial charge is 0.452 e. The normalized spacial score (nSPS) is 10.3. The van der Waals surface area contributed by atoms with Crippen LogP contribution in [-0.2, 0) is 14.3 Å². The minimum absolute atomic E-state index is 0.0347. The number of halogens is 1. The van der Waals surface area contributed by atoms with E-state index in [0.29, 0.717) is 0 Å². The zero-order chi connectivity index (χ0) is 15.1. The molecule has 0 spiro atoms. The van der Waals surface area contributed by atoms with Gasteiger partial charge in [0.05, 0.1) is 4.92 Å². The highest BCUT2D eigenvalue weighted by Crippen LogP contribution is 2.27.